The number of ether oxygens (including phenoxy) is 1. The minimum absolute atomic E-state index is 0.0950. The molecule has 2 aliphatic heterocycles. The van der Waals surface area contributed by atoms with Crippen LogP contribution in [0, 0.1) is 12.8 Å². The van der Waals surface area contributed by atoms with Crippen molar-refractivity contribution in [1.29, 1.82) is 0 Å². The Kier molecular flexibility index (Phi) is 5.60. The normalized spacial score (nSPS) is 21.6. The number of likely N-dealkylation sites (tertiary alicyclic amines) is 1. The lowest BCUT2D eigenvalue weighted by Gasteiger charge is -2.21. The van der Waals surface area contributed by atoms with Gasteiger partial charge in [0.15, 0.2) is 0 Å². The molecular formula is C22H22F3N3O3. The number of halogens is 3. The molecule has 1 aromatic carbocycles. The third-order valence-electron chi connectivity index (χ3n) is 5.63. The molecule has 0 aliphatic carbocycles. The van der Waals surface area contributed by atoms with Gasteiger partial charge in [0.05, 0.1) is 18.0 Å². The van der Waals surface area contributed by atoms with Crippen molar-refractivity contribution in [2.75, 3.05) is 24.5 Å². The molecule has 2 fully saturated rings. The molecule has 1 aromatic heterocycles. The van der Waals surface area contributed by atoms with Crippen LogP contribution in [-0.2, 0) is 15.8 Å². The fourth-order valence-electron chi connectivity index (χ4n) is 3.95. The topological polar surface area (TPSA) is 62.7 Å². The Bertz CT molecular complexity index is 978. The number of rotatable bonds is 4. The molecule has 3 heterocycles. The van der Waals surface area contributed by atoms with Gasteiger partial charge in [0.2, 0.25) is 17.7 Å². The van der Waals surface area contributed by atoms with E-state index in [4.69, 9.17) is 4.74 Å². The number of carbonyl (C=O) groups is 2. The number of anilines is 1. The summed E-state index contributed by atoms with van der Waals surface area (Å²) in [6, 6.07) is 9.31. The molecule has 2 aliphatic rings. The summed E-state index contributed by atoms with van der Waals surface area (Å²) in [4.78, 5) is 32.5. The van der Waals surface area contributed by atoms with Gasteiger partial charge in [-0.25, -0.2) is 4.98 Å². The lowest BCUT2D eigenvalue weighted by molar-refractivity contribution is -0.137. The van der Waals surface area contributed by atoms with Gasteiger partial charge >= 0.3 is 6.18 Å². The zero-order valence-corrected chi connectivity index (χ0v) is 16.9. The van der Waals surface area contributed by atoms with Gasteiger partial charge in [0.25, 0.3) is 0 Å². The predicted molar refractivity (Wildman–Crippen MR) is 106 cm³/mol. The van der Waals surface area contributed by atoms with E-state index in [9.17, 15) is 22.8 Å². The predicted octanol–water partition coefficient (Wildman–Crippen LogP) is 3.44. The first-order valence-electron chi connectivity index (χ1n) is 10.1. The number of hydrogen-bond acceptors (Lipinski definition) is 4. The Hall–Kier alpha value is -3.10. The van der Waals surface area contributed by atoms with Crippen molar-refractivity contribution in [2.24, 2.45) is 5.92 Å². The van der Waals surface area contributed by atoms with Crippen molar-refractivity contribution in [3.8, 4) is 5.88 Å². The summed E-state index contributed by atoms with van der Waals surface area (Å²) >= 11 is 0. The van der Waals surface area contributed by atoms with E-state index in [0.29, 0.717) is 19.5 Å². The molecule has 31 heavy (non-hydrogen) atoms. The second kappa shape index (κ2) is 8.20. The molecule has 2 amide bonds. The number of pyridine rings is 1. The van der Waals surface area contributed by atoms with Gasteiger partial charge in [0, 0.05) is 43.9 Å². The molecule has 0 spiro atoms. The average molecular weight is 433 g/mol. The quantitative estimate of drug-likeness (QED) is 0.741. The van der Waals surface area contributed by atoms with Gasteiger partial charge in [-0.3, -0.25) is 9.59 Å². The number of aryl methyl sites for hydroxylation is 1. The summed E-state index contributed by atoms with van der Waals surface area (Å²) in [6.07, 6.45) is -3.22. The maximum absolute atomic E-state index is 12.9. The summed E-state index contributed by atoms with van der Waals surface area (Å²) in [5.41, 5.74) is 1.02. The highest BCUT2D eigenvalue weighted by atomic mass is 19.4. The summed E-state index contributed by atoms with van der Waals surface area (Å²) in [5.74, 6) is -0.789. The molecule has 0 N–H and O–H groups in total. The molecule has 4 rings (SSSR count). The number of benzene rings is 1. The second-order valence-electron chi connectivity index (χ2n) is 7.93. The first-order valence-corrected chi connectivity index (χ1v) is 10.1. The van der Waals surface area contributed by atoms with Crippen LogP contribution in [-0.4, -0.2) is 47.4 Å². The van der Waals surface area contributed by atoms with Crippen molar-refractivity contribution in [2.45, 2.75) is 32.0 Å². The highest BCUT2D eigenvalue weighted by Gasteiger charge is 2.39. The minimum atomic E-state index is -4.48. The third kappa shape index (κ3) is 4.65. The van der Waals surface area contributed by atoms with Crippen molar-refractivity contribution in [3.63, 3.8) is 0 Å². The molecule has 0 bridgehead atoms. The van der Waals surface area contributed by atoms with E-state index < -0.39 is 23.8 Å². The van der Waals surface area contributed by atoms with Crippen molar-refractivity contribution in [3.05, 3.63) is 53.7 Å². The van der Waals surface area contributed by atoms with Crippen LogP contribution >= 0.6 is 0 Å². The molecule has 164 valence electrons. The second-order valence-corrected chi connectivity index (χ2v) is 7.93. The van der Waals surface area contributed by atoms with E-state index in [1.165, 1.54) is 0 Å². The maximum atomic E-state index is 12.9. The fourth-order valence-corrected chi connectivity index (χ4v) is 3.95. The largest absolute Gasteiger partial charge is 0.472 e. The van der Waals surface area contributed by atoms with Crippen molar-refractivity contribution < 1.29 is 27.5 Å². The van der Waals surface area contributed by atoms with Crippen LogP contribution in [0.4, 0.5) is 18.9 Å². The maximum Gasteiger partial charge on any atom is 0.416 e. The van der Waals surface area contributed by atoms with Gasteiger partial charge in [0.1, 0.15) is 6.10 Å². The van der Waals surface area contributed by atoms with E-state index in [2.05, 4.69) is 4.98 Å². The zero-order valence-electron chi connectivity index (χ0n) is 16.9. The smallest absolute Gasteiger partial charge is 0.416 e. The summed E-state index contributed by atoms with van der Waals surface area (Å²) < 4.78 is 44.2. The molecular weight excluding hydrogens is 411 g/mol. The van der Waals surface area contributed by atoms with Gasteiger partial charge in [-0.1, -0.05) is 17.7 Å². The van der Waals surface area contributed by atoms with Gasteiger partial charge in [-0.05, 0) is 25.1 Å². The number of nitrogens with zero attached hydrogens (tertiary/aromatic N) is 3. The van der Waals surface area contributed by atoms with E-state index in [1.54, 1.807) is 9.80 Å². The van der Waals surface area contributed by atoms with Crippen LogP contribution in [0.25, 0.3) is 0 Å². The van der Waals surface area contributed by atoms with E-state index in [-0.39, 0.29) is 30.7 Å². The molecule has 2 saturated heterocycles. The lowest BCUT2D eigenvalue weighted by Crippen LogP contribution is -2.37. The van der Waals surface area contributed by atoms with Crippen molar-refractivity contribution >= 4 is 17.5 Å². The lowest BCUT2D eigenvalue weighted by atomic mass is 10.1. The minimum Gasteiger partial charge on any atom is -0.472 e. The van der Waals surface area contributed by atoms with E-state index in [0.717, 1.165) is 29.6 Å². The number of alkyl halides is 3. The SMILES string of the molecule is Cc1ccc(N2CC(C(=O)N3CCC(Oc4cc(C(F)(F)F)ccn4)C3)CC2=O)cc1. The van der Waals surface area contributed by atoms with Crippen LogP contribution in [0.15, 0.2) is 42.6 Å². The third-order valence-corrected chi connectivity index (χ3v) is 5.63. The number of amides is 2. The molecule has 6 nitrogen and oxygen atoms in total. The standard InChI is InChI=1S/C22H22F3N3O3/c1-14-2-4-17(5-3-14)28-12-15(10-20(28)29)21(30)27-9-7-18(13-27)31-19-11-16(6-8-26-19)22(23,24)25/h2-6,8,11,15,18H,7,9-10,12-13H2,1H3. The first-order chi connectivity index (χ1) is 14.7. The number of aromatic nitrogens is 1. The van der Waals surface area contributed by atoms with Crippen LogP contribution in [0.3, 0.4) is 0 Å². The van der Waals surface area contributed by atoms with Gasteiger partial charge in [-0.2, -0.15) is 13.2 Å². The highest BCUT2D eigenvalue weighted by molar-refractivity contribution is 6.00. The Balaban J connectivity index is 1.36. The number of hydrogen-bond donors (Lipinski definition) is 0. The Labute approximate surface area is 177 Å². The summed E-state index contributed by atoms with van der Waals surface area (Å²) in [5, 5.41) is 0. The fraction of sp³-hybridized carbons (Fsp3) is 0.409. The van der Waals surface area contributed by atoms with E-state index >= 15 is 0 Å². The molecule has 9 heteroatoms. The van der Waals surface area contributed by atoms with Crippen LogP contribution in [0.1, 0.15) is 24.0 Å². The first kappa shape index (κ1) is 21.1. The monoisotopic (exact) mass is 433 g/mol. The van der Waals surface area contributed by atoms with Crippen LogP contribution in [0.5, 0.6) is 5.88 Å². The zero-order chi connectivity index (χ0) is 22.2. The Morgan fingerprint density at radius 3 is 2.61 bits per heavy atom. The molecule has 0 saturated carbocycles. The molecule has 0 radical (unpaired) electrons. The molecule has 2 aromatic rings. The van der Waals surface area contributed by atoms with Crippen LogP contribution in [0.2, 0.25) is 0 Å². The summed E-state index contributed by atoms with van der Waals surface area (Å²) in [6.45, 7) is 2.96. The van der Waals surface area contributed by atoms with Crippen molar-refractivity contribution in [1.82, 2.24) is 9.88 Å². The van der Waals surface area contributed by atoms with Crippen LogP contribution < -0.4 is 9.64 Å². The summed E-state index contributed by atoms with van der Waals surface area (Å²) in [7, 11) is 0. The van der Waals surface area contributed by atoms with Gasteiger partial charge < -0.3 is 14.5 Å². The average Bonchev–Trinajstić information content (AvgIpc) is 3.34. The number of carbonyl (C=O) groups excluding carboxylic acids is 2. The highest BCUT2D eigenvalue weighted by Crippen LogP contribution is 2.31. The van der Waals surface area contributed by atoms with Gasteiger partial charge in [-0.15, -0.1) is 0 Å². The Morgan fingerprint density at radius 1 is 1.16 bits per heavy atom. The molecule has 2 unspecified atom stereocenters. The molecule has 2 atom stereocenters. The van der Waals surface area contributed by atoms with E-state index in [1.807, 2.05) is 31.2 Å². The Morgan fingerprint density at radius 2 is 1.90 bits per heavy atom.